The third-order valence-electron chi connectivity index (χ3n) is 3.35. The van der Waals surface area contributed by atoms with Gasteiger partial charge in [-0.25, -0.2) is 0 Å². The molecule has 0 heterocycles. The average molecular weight is 281 g/mol. The number of amides is 1. The quantitative estimate of drug-likeness (QED) is 0.911. The summed E-state index contributed by atoms with van der Waals surface area (Å²) in [7, 11) is 3.97. The van der Waals surface area contributed by atoms with Gasteiger partial charge in [-0.1, -0.05) is 30.3 Å². The molecule has 0 aliphatic rings. The Bertz CT molecular complexity index is 576. The third kappa shape index (κ3) is 4.35. The van der Waals surface area contributed by atoms with E-state index in [-0.39, 0.29) is 11.8 Å². The average Bonchev–Trinajstić information content (AvgIpc) is 2.48. The zero-order valence-electron chi connectivity index (χ0n) is 12.5. The van der Waals surface area contributed by atoms with Crippen LogP contribution in [0.25, 0.3) is 0 Å². The Hall–Kier alpha value is -2.29. The molecule has 0 aromatic heterocycles. The zero-order valence-corrected chi connectivity index (χ0v) is 12.5. The van der Waals surface area contributed by atoms with Crippen LogP contribution in [0.2, 0.25) is 0 Å². The maximum absolute atomic E-state index is 12.2. The molecule has 0 spiro atoms. The van der Waals surface area contributed by atoms with Gasteiger partial charge in [0.1, 0.15) is 0 Å². The Balaban J connectivity index is 1.94. The number of rotatable bonds is 5. The number of hydrogen-bond donors (Lipinski definition) is 1. The SMILES string of the molecule is [CH2][C@@H](Cc1ccccc1)C(=O)Nc1ccc(N(C)C)cc1. The smallest absolute Gasteiger partial charge is 0.227 e. The van der Waals surface area contributed by atoms with Crippen LogP contribution in [0.4, 0.5) is 11.4 Å². The van der Waals surface area contributed by atoms with Crippen LogP contribution in [0.1, 0.15) is 5.56 Å². The second-order valence-electron chi connectivity index (χ2n) is 5.32. The minimum Gasteiger partial charge on any atom is -0.378 e. The minimum absolute atomic E-state index is 0.0588. The van der Waals surface area contributed by atoms with Gasteiger partial charge in [0.05, 0.1) is 0 Å². The summed E-state index contributed by atoms with van der Waals surface area (Å²) in [6.07, 6.45) is 0.641. The molecule has 1 amide bonds. The summed E-state index contributed by atoms with van der Waals surface area (Å²) in [5.41, 5.74) is 3.02. The van der Waals surface area contributed by atoms with Gasteiger partial charge in [0.2, 0.25) is 5.91 Å². The fourth-order valence-electron chi connectivity index (χ4n) is 2.08. The molecule has 0 saturated carbocycles. The second-order valence-corrected chi connectivity index (χ2v) is 5.32. The molecule has 2 rings (SSSR count). The number of carbonyl (C=O) groups excluding carboxylic acids is 1. The number of carbonyl (C=O) groups is 1. The van der Waals surface area contributed by atoms with Gasteiger partial charge in [0.15, 0.2) is 0 Å². The normalized spacial score (nSPS) is 11.8. The molecule has 0 fully saturated rings. The lowest BCUT2D eigenvalue weighted by molar-refractivity contribution is -0.118. The van der Waals surface area contributed by atoms with Crippen molar-refractivity contribution in [3.05, 3.63) is 67.1 Å². The Labute approximate surface area is 126 Å². The Morgan fingerprint density at radius 3 is 2.29 bits per heavy atom. The molecule has 0 aliphatic carbocycles. The van der Waals surface area contributed by atoms with Crippen LogP contribution in [0.5, 0.6) is 0 Å². The summed E-state index contributed by atoms with van der Waals surface area (Å²) in [6, 6.07) is 17.7. The number of nitrogens with zero attached hydrogens (tertiary/aromatic N) is 1. The molecular formula is C18H21N2O. The molecule has 0 unspecified atom stereocenters. The highest BCUT2D eigenvalue weighted by Crippen LogP contribution is 2.17. The molecule has 0 saturated heterocycles. The van der Waals surface area contributed by atoms with Crippen LogP contribution in [0.3, 0.4) is 0 Å². The van der Waals surface area contributed by atoms with Crippen molar-refractivity contribution in [3.8, 4) is 0 Å². The van der Waals surface area contributed by atoms with Crippen molar-refractivity contribution in [2.24, 2.45) is 5.92 Å². The first-order valence-electron chi connectivity index (χ1n) is 7.01. The molecule has 2 aromatic carbocycles. The predicted octanol–water partition coefficient (Wildman–Crippen LogP) is 3.38. The second kappa shape index (κ2) is 6.93. The summed E-state index contributed by atoms with van der Waals surface area (Å²) in [6.45, 7) is 3.95. The Morgan fingerprint density at radius 1 is 1.10 bits per heavy atom. The van der Waals surface area contributed by atoms with Gasteiger partial charge >= 0.3 is 0 Å². The van der Waals surface area contributed by atoms with Crippen molar-refractivity contribution < 1.29 is 4.79 Å². The molecule has 1 N–H and O–H groups in total. The molecule has 3 heteroatoms. The van der Waals surface area contributed by atoms with Crippen molar-refractivity contribution in [3.63, 3.8) is 0 Å². The largest absolute Gasteiger partial charge is 0.378 e. The fourth-order valence-corrected chi connectivity index (χ4v) is 2.08. The number of anilines is 2. The molecule has 1 radical (unpaired) electrons. The van der Waals surface area contributed by atoms with E-state index in [1.807, 2.05) is 73.6 Å². The summed E-state index contributed by atoms with van der Waals surface area (Å²) in [4.78, 5) is 14.2. The highest BCUT2D eigenvalue weighted by atomic mass is 16.1. The Kier molecular flexibility index (Phi) is 4.99. The van der Waals surface area contributed by atoms with E-state index in [9.17, 15) is 4.79 Å². The molecule has 2 aromatic rings. The topological polar surface area (TPSA) is 32.3 Å². The van der Waals surface area contributed by atoms with Gasteiger partial charge in [-0.2, -0.15) is 0 Å². The van der Waals surface area contributed by atoms with Crippen LogP contribution in [-0.2, 0) is 11.2 Å². The van der Waals surface area contributed by atoms with E-state index in [1.54, 1.807) is 0 Å². The summed E-state index contributed by atoms with van der Waals surface area (Å²) in [5, 5.41) is 2.91. The van der Waals surface area contributed by atoms with Gasteiger partial charge in [0, 0.05) is 31.4 Å². The van der Waals surface area contributed by atoms with Crippen LogP contribution >= 0.6 is 0 Å². The van der Waals surface area contributed by atoms with Crippen molar-refractivity contribution >= 4 is 17.3 Å². The molecular weight excluding hydrogens is 260 g/mol. The Morgan fingerprint density at radius 2 is 1.71 bits per heavy atom. The van der Waals surface area contributed by atoms with Crippen LogP contribution in [0.15, 0.2) is 54.6 Å². The number of hydrogen-bond acceptors (Lipinski definition) is 2. The highest BCUT2D eigenvalue weighted by Gasteiger charge is 2.13. The van der Waals surface area contributed by atoms with Gasteiger partial charge in [-0.15, -0.1) is 0 Å². The monoisotopic (exact) mass is 281 g/mol. The van der Waals surface area contributed by atoms with Gasteiger partial charge in [-0.05, 0) is 43.2 Å². The maximum Gasteiger partial charge on any atom is 0.227 e. The van der Waals surface area contributed by atoms with Crippen molar-refractivity contribution in [1.29, 1.82) is 0 Å². The van der Waals surface area contributed by atoms with Crippen molar-refractivity contribution in [2.75, 3.05) is 24.3 Å². The van der Waals surface area contributed by atoms with Crippen molar-refractivity contribution in [1.82, 2.24) is 0 Å². The van der Waals surface area contributed by atoms with Gasteiger partial charge in [0.25, 0.3) is 0 Å². The van der Waals surface area contributed by atoms with E-state index in [1.165, 1.54) is 0 Å². The van der Waals surface area contributed by atoms with E-state index in [0.717, 1.165) is 16.9 Å². The van der Waals surface area contributed by atoms with E-state index < -0.39 is 0 Å². The molecule has 21 heavy (non-hydrogen) atoms. The number of benzene rings is 2. The van der Waals surface area contributed by atoms with E-state index in [0.29, 0.717) is 6.42 Å². The highest BCUT2D eigenvalue weighted by molar-refractivity contribution is 5.93. The maximum atomic E-state index is 12.2. The van der Waals surface area contributed by atoms with Crippen LogP contribution in [-0.4, -0.2) is 20.0 Å². The molecule has 3 nitrogen and oxygen atoms in total. The predicted molar refractivity (Wildman–Crippen MR) is 88.4 cm³/mol. The van der Waals surface area contributed by atoms with Gasteiger partial charge < -0.3 is 10.2 Å². The lowest BCUT2D eigenvalue weighted by Gasteiger charge is -2.15. The first-order valence-corrected chi connectivity index (χ1v) is 7.01. The lowest BCUT2D eigenvalue weighted by Crippen LogP contribution is -2.22. The summed E-state index contributed by atoms with van der Waals surface area (Å²) >= 11 is 0. The lowest BCUT2D eigenvalue weighted by atomic mass is 10.0. The third-order valence-corrected chi connectivity index (χ3v) is 3.35. The fraction of sp³-hybridized carbons (Fsp3) is 0.222. The number of nitrogens with one attached hydrogen (secondary N) is 1. The standard InChI is InChI=1S/C18H21N2O/c1-14(13-15-7-5-4-6-8-15)18(21)19-16-9-11-17(12-10-16)20(2)3/h4-12,14H,1,13H2,2-3H3,(H,19,21)/t14-/m0/s1. The minimum atomic E-state index is -0.305. The van der Waals surface area contributed by atoms with E-state index >= 15 is 0 Å². The van der Waals surface area contributed by atoms with Gasteiger partial charge in [-0.3, -0.25) is 4.79 Å². The molecule has 0 aliphatic heterocycles. The van der Waals surface area contributed by atoms with E-state index in [2.05, 4.69) is 12.2 Å². The summed E-state index contributed by atoms with van der Waals surface area (Å²) < 4.78 is 0. The molecule has 1 atom stereocenters. The van der Waals surface area contributed by atoms with E-state index in [4.69, 9.17) is 0 Å². The van der Waals surface area contributed by atoms with Crippen molar-refractivity contribution in [2.45, 2.75) is 6.42 Å². The van der Waals surface area contributed by atoms with Crippen LogP contribution in [0, 0.1) is 12.8 Å². The molecule has 109 valence electrons. The first-order chi connectivity index (χ1) is 10.1. The summed E-state index contributed by atoms with van der Waals surface area (Å²) in [5.74, 6) is -0.364. The zero-order chi connectivity index (χ0) is 15.2. The first kappa shape index (κ1) is 15.1. The van der Waals surface area contributed by atoms with Crippen LogP contribution < -0.4 is 10.2 Å². The molecule has 0 bridgehead atoms.